The molecule has 4 fully saturated rings. The topological polar surface area (TPSA) is 475 Å². The Balaban J connectivity index is 1.64. The summed E-state index contributed by atoms with van der Waals surface area (Å²) in [6.07, 6.45) is -36.7. The smallest absolute Gasteiger partial charge is 0.364 e. The summed E-state index contributed by atoms with van der Waals surface area (Å²) < 4.78 is 45.1. The fourth-order valence-electron chi connectivity index (χ4n) is 7.43. The zero-order valence-corrected chi connectivity index (χ0v) is 33.6. The summed E-state index contributed by atoms with van der Waals surface area (Å²) in [5.74, 6) is -8.35. The number of amides is 2. The molecule has 4 rings (SSSR count). The van der Waals surface area contributed by atoms with Crippen molar-refractivity contribution in [2.45, 2.75) is 155 Å². The van der Waals surface area contributed by atoms with E-state index in [-0.39, 0.29) is 0 Å². The zero-order valence-electron chi connectivity index (χ0n) is 33.6. The number of aliphatic hydroxyl groups excluding tert-OH is 12. The van der Waals surface area contributed by atoms with Crippen LogP contribution >= 0.6 is 0 Å². The second kappa shape index (κ2) is 22.5. The van der Waals surface area contributed by atoms with Crippen molar-refractivity contribution in [3.05, 3.63) is 0 Å². The van der Waals surface area contributed by atoms with Crippen molar-refractivity contribution >= 4 is 23.8 Å². The minimum Gasteiger partial charge on any atom is -0.480 e. The number of carboxylic acids is 2. The molecule has 63 heavy (non-hydrogen) atoms. The molecule has 29 heteroatoms. The van der Waals surface area contributed by atoms with E-state index in [0.717, 1.165) is 13.8 Å². The Bertz CT molecular complexity index is 1540. The fourth-order valence-corrected chi connectivity index (χ4v) is 7.43. The highest BCUT2D eigenvalue weighted by Gasteiger charge is 2.60. The lowest BCUT2D eigenvalue weighted by molar-refractivity contribution is -0.388. The van der Waals surface area contributed by atoms with Gasteiger partial charge in [-0.2, -0.15) is 0 Å². The van der Waals surface area contributed by atoms with Gasteiger partial charge in [-0.3, -0.25) is 14.4 Å². The largest absolute Gasteiger partial charge is 0.480 e. The first-order valence-electron chi connectivity index (χ1n) is 19.4. The summed E-state index contributed by atoms with van der Waals surface area (Å²) in [4.78, 5) is 48.5. The van der Waals surface area contributed by atoms with Crippen molar-refractivity contribution in [1.29, 1.82) is 0 Å². The molecule has 4 aliphatic rings. The highest BCUT2D eigenvalue weighted by molar-refractivity contribution is 5.77. The molecule has 2 amide bonds. The Morgan fingerprint density at radius 1 is 0.698 bits per heavy atom. The lowest BCUT2D eigenvalue weighted by Crippen LogP contribution is -2.71. The number of ether oxygens (including phenoxy) is 8. The average Bonchev–Trinajstić information content (AvgIpc) is 3.23. The van der Waals surface area contributed by atoms with Crippen LogP contribution in [0.2, 0.25) is 0 Å². The van der Waals surface area contributed by atoms with Crippen molar-refractivity contribution < 1.29 is 129 Å². The van der Waals surface area contributed by atoms with E-state index in [1.165, 1.54) is 0 Å². The second-order valence-electron chi connectivity index (χ2n) is 15.3. The Kier molecular flexibility index (Phi) is 18.8. The van der Waals surface area contributed by atoms with Crippen LogP contribution in [-0.2, 0) is 57.1 Å². The van der Waals surface area contributed by atoms with Gasteiger partial charge in [0, 0.05) is 20.3 Å². The molecule has 22 atom stereocenters. The third kappa shape index (κ3) is 11.9. The van der Waals surface area contributed by atoms with Crippen LogP contribution in [0.15, 0.2) is 0 Å². The Morgan fingerprint density at radius 3 is 1.78 bits per heavy atom. The summed E-state index contributed by atoms with van der Waals surface area (Å²) in [7, 11) is 0. The Hall–Kier alpha value is -2.96. The molecule has 0 unspecified atom stereocenters. The van der Waals surface area contributed by atoms with Gasteiger partial charge in [-0.25, -0.2) is 4.79 Å². The zero-order chi connectivity index (χ0) is 47.2. The summed E-state index contributed by atoms with van der Waals surface area (Å²) in [6.45, 7) is -2.89. The Morgan fingerprint density at radius 2 is 1.24 bits per heavy atom. The van der Waals surface area contributed by atoms with Gasteiger partial charge in [-0.1, -0.05) is 0 Å². The summed E-state index contributed by atoms with van der Waals surface area (Å²) in [6, 6.07) is -5.03. The lowest BCUT2D eigenvalue weighted by Gasteiger charge is -2.51. The van der Waals surface area contributed by atoms with Crippen LogP contribution in [0.3, 0.4) is 0 Å². The highest BCUT2D eigenvalue weighted by Crippen LogP contribution is 2.39. The van der Waals surface area contributed by atoms with Crippen LogP contribution < -0.4 is 16.4 Å². The monoisotopic (exact) mass is 923 g/mol. The number of hydrogen-bond acceptors (Lipinski definition) is 25. The van der Waals surface area contributed by atoms with Gasteiger partial charge in [-0.15, -0.1) is 0 Å². The van der Waals surface area contributed by atoms with Crippen molar-refractivity contribution in [2.24, 2.45) is 5.73 Å². The van der Waals surface area contributed by atoms with Crippen molar-refractivity contribution in [3.63, 3.8) is 0 Å². The molecule has 0 spiro atoms. The molecule has 0 aromatic carbocycles. The van der Waals surface area contributed by atoms with E-state index in [9.17, 15) is 90.7 Å². The standard InChI is InChI=1S/C34H57N3O26/c1-9(42)36-17-12(44)3-34(33(54)55,62-26(17)19(46)13(45)4-38)63-27-21(48)15(6-40)57-31(24(27)51)60-25-16(7-41)59-30(18(22(25)49)37-10(2)43)61-28-23(50)20(47)14(5-39)58-32(28)56-8-11(35)29(52)53/h11-28,30-32,38-41,44-51H,3-8,35H2,1-2H3,(H,36,42)(H,37,43)(H,52,53)(H,54,55)/t11-,12-,13+,14+,15+,16+,17+,18+,19+,20+,21-,22+,23-,24+,25+,26+,27-,28-,30-,31-,32-,34-/m0/s1. The van der Waals surface area contributed by atoms with E-state index in [0.29, 0.717) is 0 Å². The van der Waals surface area contributed by atoms with Gasteiger partial charge in [-0.05, 0) is 0 Å². The number of carbonyl (C=O) groups is 4. The van der Waals surface area contributed by atoms with Gasteiger partial charge in [0.2, 0.25) is 11.8 Å². The van der Waals surface area contributed by atoms with Crippen LogP contribution in [0.5, 0.6) is 0 Å². The molecular weight excluding hydrogens is 866 g/mol. The molecule has 18 N–H and O–H groups in total. The average molecular weight is 924 g/mol. The molecule has 0 aromatic rings. The molecule has 364 valence electrons. The summed E-state index contributed by atoms with van der Waals surface area (Å²) in [5, 5.41) is 152. The minimum atomic E-state index is -3.15. The van der Waals surface area contributed by atoms with Crippen LogP contribution in [0.25, 0.3) is 0 Å². The van der Waals surface area contributed by atoms with Gasteiger partial charge in [0.15, 0.2) is 18.9 Å². The van der Waals surface area contributed by atoms with E-state index in [1.807, 2.05) is 0 Å². The van der Waals surface area contributed by atoms with Gasteiger partial charge in [0.25, 0.3) is 5.79 Å². The first-order chi connectivity index (χ1) is 29.5. The number of hydrogen-bond donors (Lipinski definition) is 17. The molecule has 0 aromatic heterocycles. The van der Waals surface area contributed by atoms with Gasteiger partial charge in [0.1, 0.15) is 97.5 Å². The molecule has 4 aliphatic heterocycles. The highest BCUT2D eigenvalue weighted by atomic mass is 16.8. The van der Waals surface area contributed by atoms with Crippen molar-refractivity contribution in [3.8, 4) is 0 Å². The van der Waals surface area contributed by atoms with Gasteiger partial charge in [0.05, 0.1) is 45.2 Å². The Labute approximate surface area is 356 Å². The van der Waals surface area contributed by atoms with Crippen molar-refractivity contribution in [1.82, 2.24) is 10.6 Å². The maximum Gasteiger partial charge on any atom is 0.364 e. The molecule has 0 bridgehead atoms. The van der Waals surface area contributed by atoms with Gasteiger partial charge >= 0.3 is 11.9 Å². The first kappa shape index (κ1) is 52.7. The number of rotatable bonds is 19. The third-order valence-electron chi connectivity index (χ3n) is 10.7. The number of aliphatic carboxylic acids is 2. The van der Waals surface area contributed by atoms with Crippen LogP contribution in [-0.4, -0.2) is 263 Å². The van der Waals surface area contributed by atoms with E-state index < -0.39 is 198 Å². The van der Waals surface area contributed by atoms with Crippen molar-refractivity contribution in [2.75, 3.05) is 33.0 Å². The fraction of sp³-hybridized carbons (Fsp3) is 0.882. The normalized spacial score (nSPS) is 42.4. The lowest BCUT2D eigenvalue weighted by atomic mass is 9.88. The van der Waals surface area contributed by atoms with Crippen LogP contribution in [0, 0.1) is 0 Å². The predicted molar refractivity (Wildman–Crippen MR) is 194 cm³/mol. The van der Waals surface area contributed by atoms with Gasteiger partial charge < -0.3 is 126 Å². The minimum absolute atomic E-state index is 0.759. The maximum atomic E-state index is 12.9. The van der Waals surface area contributed by atoms with Crippen LogP contribution in [0.1, 0.15) is 20.3 Å². The second-order valence-corrected chi connectivity index (χ2v) is 15.3. The summed E-state index contributed by atoms with van der Waals surface area (Å²) in [5.41, 5.74) is 5.51. The number of aliphatic hydroxyl groups is 12. The molecule has 0 saturated carbocycles. The first-order valence-corrected chi connectivity index (χ1v) is 19.4. The molecule has 0 radical (unpaired) electrons. The number of carboxylic acid groups (broad SMARTS) is 2. The van der Waals surface area contributed by atoms with E-state index in [1.54, 1.807) is 0 Å². The molecular formula is C34H57N3O26. The molecule has 4 saturated heterocycles. The quantitative estimate of drug-likeness (QED) is 0.0572. The van der Waals surface area contributed by atoms with E-state index in [2.05, 4.69) is 10.6 Å². The number of carbonyl (C=O) groups excluding carboxylic acids is 2. The third-order valence-corrected chi connectivity index (χ3v) is 10.7. The molecule has 4 heterocycles. The van der Waals surface area contributed by atoms with Crippen LogP contribution in [0.4, 0.5) is 0 Å². The molecule has 29 nitrogen and oxygen atoms in total. The van der Waals surface area contributed by atoms with E-state index in [4.69, 9.17) is 43.6 Å². The summed E-state index contributed by atoms with van der Waals surface area (Å²) >= 11 is 0. The molecule has 0 aliphatic carbocycles. The number of nitrogens with two attached hydrogens (primary N) is 1. The maximum absolute atomic E-state index is 12.9. The SMILES string of the molecule is CC(=O)N[C@H]1[C@H](O[C@@H]2[C@@H](OC[C@H](N)C(=O)O)O[C@H](CO)[C@@H](O)[C@@H]2O)O[C@H](CO)[C@@H](O[C@@H]2O[C@H](CO)[C@H](O)[C@H](O[C@]3(C(=O)O)C[C@H](O)[C@@H](NC(C)=O)[C@H]([C@H](O)[C@H](O)CO)O3)[C@H]2O)[C@@H]1O. The van der Waals surface area contributed by atoms with E-state index >= 15 is 0 Å². The number of nitrogens with one attached hydrogen (secondary N) is 2. The predicted octanol–water partition coefficient (Wildman–Crippen LogP) is -10.8.